The van der Waals surface area contributed by atoms with Crippen molar-refractivity contribution in [3.8, 4) is 0 Å². The van der Waals surface area contributed by atoms with E-state index in [-0.39, 0.29) is 29.9 Å². The molecule has 1 fully saturated rings. The standard InChI is InChI=1S/C19H32N6O.HI/c1-14(2)25-12-9-16(10-13-25)23-19(20-4)21-11-8-18(26)24-17-7-5-6-15(3)22-17;/h5-7,14,16H,8-13H2,1-4H3,(H2,20,21,23)(H,22,24,26);1H. The highest BCUT2D eigenvalue weighted by Gasteiger charge is 2.21. The van der Waals surface area contributed by atoms with Gasteiger partial charge < -0.3 is 20.9 Å². The van der Waals surface area contributed by atoms with Gasteiger partial charge >= 0.3 is 0 Å². The van der Waals surface area contributed by atoms with E-state index in [2.05, 4.69) is 44.7 Å². The fourth-order valence-electron chi connectivity index (χ4n) is 3.06. The van der Waals surface area contributed by atoms with Gasteiger partial charge in [0.1, 0.15) is 5.82 Å². The van der Waals surface area contributed by atoms with Crippen LogP contribution in [-0.4, -0.2) is 60.5 Å². The molecule has 0 bridgehead atoms. The summed E-state index contributed by atoms with van der Waals surface area (Å²) < 4.78 is 0. The van der Waals surface area contributed by atoms with Gasteiger partial charge in [0.05, 0.1) is 0 Å². The van der Waals surface area contributed by atoms with Crippen LogP contribution < -0.4 is 16.0 Å². The van der Waals surface area contributed by atoms with Gasteiger partial charge in [0.2, 0.25) is 5.91 Å². The van der Waals surface area contributed by atoms with Crippen LogP contribution in [0.25, 0.3) is 0 Å². The Morgan fingerprint density at radius 3 is 2.63 bits per heavy atom. The van der Waals surface area contributed by atoms with Crippen molar-refractivity contribution >= 4 is 41.7 Å². The number of likely N-dealkylation sites (tertiary alicyclic amines) is 1. The summed E-state index contributed by atoms with van der Waals surface area (Å²) in [6, 6.07) is 6.62. The first-order valence-corrected chi connectivity index (χ1v) is 9.42. The third-order valence-electron chi connectivity index (χ3n) is 4.62. The summed E-state index contributed by atoms with van der Waals surface area (Å²) in [5.74, 6) is 1.29. The van der Waals surface area contributed by atoms with Gasteiger partial charge in [0.15, 0.2) is 5.96 Å². The average Bonchev–Trinajstić information content (AvgIpc) is 2.61. The third-order valence-corrected chi connectivity index (χ3v) is 4.62. The van der Waals surface area contributed by atoms with Crippen LogP contribution in [0, 0.1) is 6.92 Å². The van der Waals surface area contributed by atoms with Crippen LogP contribution in [-0.2, 0) is 4.79 Å². The summed E-state index contributed by atoms with van der Waals surface area (Å²) >= 11 is 0. The van der Waals surface area contributed by atoms with E-state index in [4.69, 9.17) is 0 Å². The minimum Gasteiger partial charge on any atom is -0.356 e. The number of aliphatic imine (C=N–C) groups is 1. The lowest BCUT2D eigenvalue weighted by Gasteiger charge is -2.35. The van der Waals surface area contributed by atoms with Gasteiger partial charge in [-0.2, -0.15) is 0 Å². The molecular weight excluding hydrogens is 455 g/mol. The highest BCUT2D eigenvalue weighted by molar-refractivity contribution is 14.0. The molecule has 0 radical (unpaired) electrons. The summed E-state index contributed by atoms with van der Waals surface area (Å²) in [5.41, 5.74) is 0.883. The SMILES string of the molecule is CN=C(NCCC(=O)Nc1cccc(C)n1)NC1CCN(C(C)C)CC1.I. The van der Waals surface area contributed by atoms with Gasteiger partial charge in [-0.05, 0) is 45.7 Å². The Labute approximate surface area is 179 Å². The summed E-state index contributed by atoms with van der Waals surface area (Å²) in [7, 11) is 1.76. The Morgan fingerprint density at radius 1 is 1.33 bits per heavy atom. The highest BCUT2D eigenvalue weighted by atomic mass is 127. The number of piperidine rings is 1. The normalized spacial score (nSPS) is 16.0. The number of carbonyl (C=O) groups excluding carboxylic acids is 1. The molecule has 1 amide bonds. The molecule has 1 saturated heterocycles. The van der Waals surface area contributed by atoms with Gasteiger partial charge in [-0.1, -0.05) is 6.07 Å². The van der Waals surface area contributed by atoms with Crippen molar-refractivity contribution in [2.24, 2.45) is 4.99 Å². The maximum atomic E-state index is 12.0. The molecule has 27 heavy (non-hydrogen) atoms. The van der Waals surface area contributed by atoms with E-state index >= 15 is 0 Å². The number of halogens is 1. The molecule has 0 unspecified atom stereocenters. The molecule has 0 atom stereocenters. The van der Waals surface area contributed by atoms with Gasteiger partial charge in [0, 0.05) is 50.9 Å². The smallest absolute Gasteiger partial charge is 0.227 e. The Balaban J connectivity index is 0.00000364. The number of pyridine rings is 1. The topological polar surface area (TPSA) is 81.6 Å². The van der Waals surface area contributed by atoms with Gasteiger partial charge in [-0.3, -0.25) is 9.79 Å². The first kappa shape index (κ1) is 23.6. The Kier molecular flexibility index (Phi) is 10.6. The fourth-order valence-corrected chi connectivity index (χ4v) is 3.06. The van der Waals surface area contributed by atoms with Crippen LogP contribution in [0.5, 0.6) is 0 Å². The number of nitrogens with zero attached hydrogens (tertiary/aromatic N) is 3. The number of aromatic nitrogens is 1. The van der Waals surface area contributed by atoms with Gasteiger partial charge in [-0.15, -0.1) is 24.0 Å². The quantitative estimate of drug-likeness (QED) is 0.326. The minimum absolute atomic E-state index is 0. The third kappa shape index (κ3) is 8.42. The lowest BCUT2D eigenvalue weighted by molar-refractivity contribution is -0.116. The highest BCUT2D eigenvalue weighted by Crippen LogP contribution is 2.12. The number of guanidine groups is 1. The zero-order valence-corrected chi connectivity index (χ0v) is 19.1. The lowest BCUT2D eigenvalue weighted by atomic mass is 10.0. The zero-order chi connectivity index (χ0) is 18.9. The monoisotopic (exact) mass is 488 g/mol. The molecule has 3 N–H and O–H groups in total. The van der Waals surface area contributed by atoms with Crippen LogP contribution in [0.15, 0.2) is 23.2 Å². The van der Waals surface area contributed by atoms with E-state index in [1.165, 1.54) is 0 Å². The van der Waals surface area contributed by atoms with Crippen molar-refractivity contribution in [3.05, 3.63) is 23.9 Å². The molecule has 7 nitrogen and oxygen atoms in total. The van der Waals surface area contributed by atoms with E-state index in [0.717, 1.165) is 37.6 Å². The maximum absolute atomic E-state index is 12.0. The molecular formula is C19H33IN6O. The van der Waals surface area contributed by atoms with Crippen LogP contribution in [0.1, 0.15) is 38.8 Å². The molecule has 1 aromatic heterocycles. The van der Waals surface area contributed by atoms with Crippen molar-refractivity contribution in [2.75, 3.05) is 32.0 Å². The van der Waals surface area contributed by atoms with Crippen LogP contribution in [0.2, 0.25) is 0 Å². The molecule has 2 heterocycles. The predicted octanol–water partition coefficient (Wildman–Crippen LogP) is 2.37. The number of hydrogen-bond donors (Lipinski definition) is 3. The number of hydrogen-bond acceptors (Lipinski definition) is 4. The minimum atomic E-state index is -0.0590. The van der Waals surface area contributed by atoms with Crippen molar-refractivity contribution in [1.29, 1.82) is 0 Å². The van der Waals surface area contributed by atoms with Crippen LogP contribution in [0.3, 0.4) is 0 Å². The molecule has 0 aromatic carbocycles. The number of nitrogens with one attached hydrogen (secondary N) is 3. The predicted molar refractivity (Wildman–Crippen MR) is 122 cm³/mol. The largest absolute Gasteiger partial charge is 0.356 e. The van der Waals surface area contributed by atoms with Crippen molar-refractivity contribution in [1.82, 2.24) is 20.5 Å². The van der Waals surface area contributed by atoms with E-state index in [9.17, 15) is 4.79 Å². The molecule has 1 aliphatic heterocycles. The van der Waals surface area contributed by atoms with Crippen LogP contribution in [0.4, 0.5) is 5.82 Å². The molecule has 1 aliphatic rings. The Morgan fingerprint density at radius 2 is 2.04 bits per heavy atom. The van der Waals surface area contributed by atoms with Gasteiger partial charge in [0.25, 0.3) is 0 Å². The Hall–Kier alpha value is -1.42. The molecule has 0 spiro atoms. The second-order valence-electron chi connectivity index (χ2n) is 7.01. The molecule has 2 rings (SSSR count). The molecule has 1 aromatic rings. The number of rotatable bonds is 6. The van der Waals surface area contributed by atoms with E-state index in [1.54, 1.807) is 13.1 Å². The van der Waals surface area contributed by atoms with Gasteiger partial charge in [-0.25, -0.2) is 4.98 Å². The second-order valence-corrected chi connectivity index (χ2v) is 7.01. The van der Waals surface area contributed by atoms with E-state index < -0.39 is 0 Å². The average molecular weight is 488 g/mol. The molecule has 152 valence electrons. The Bertz CT molecular complexity index is 614. The van der Waals surface area contributed by atoms with Crippen molar-refractivity contribution in [2.45, 2.75) is 52.1 Å². The zero-order valence-electron chi connectivity index (χ0n) is 16.8. The second kappa shape index (κ2) is 12.1. The molecule has 8 heteroatoms. The molecule has 0 aliphatic carbocycles. The van der Waals surface area contributed by atoms with Crippen molar-refractivity contribution in [3.63, 3.8) is 0 Å². The first-order valence-electron chi connectivity index (χ1n) is 9.42. The summed E-state index contributed by atoms with van der Waals surface area (Å²) in [6.07, 6.45) is 2.58. The van der Waals surface area contributed by atoms with Crippen LogP contribution >= 0.6 is 24.0 Å². The summed E-state index contributed by atoms with van der Waals surface area (Å²) in [4.78, 5) is 23.1. The number of carbonyl (C=O) groups is 1. The summed E-state index contributed by atoms with van der Waals surface area (Å²) in [6.45, 7) is 9.13. The van der Waals surface area contributed by atoms with E-state index in [0.29, 0.717) is 30.9 Å². The van der Waals surface area contributed by atoms with E-state index in [1.807, 2.05) is 19.1 Å². The lowest BCUT2D eigenvalue weighted by Crippen LogP contribution is -2.50. The molecule has 0 saturated carbocycles. The maximum Gasteiger partial charge on any atom is 0.227 e. The number of anilines is 1. The fraction of sp³-hybridized carbons (Fsp3) is 0.632. The number of amides is 1. The first-order chi connectivity index (χ1) is 12.5. The number of aryl methyl sites for hydroxylation is 1. The summed E-state index contributed by atoms with van der Waals surface area (Å²) in [5, 5.41) is 9.50. The van der Waals surface area contributed by atoms with Crippen molar-refractivity contribution < 1.29 is 4.79 Å².